The van der Waals surface area contributed by atoms with Crippen molar-refractivity contribution in [2.75, 3.05) is 5.73 Å². The van der Waals surface area contributed by atoms with Gasteiger partial charge in [0.15, 0.2) is 0 Å². The Balaban J connectivity index is 1.68. The third-order valence-corrected chi connectivity index (χ3v) is 4.52. The normalized spacial score (nSPS) is 13.6. The average Bonchev–Trinajstić information content (AvgIpc) is 2.85. The van der Waals surface area contributed by atoms with E-state index in [1.807, 2.05) is 23.9 Å². The summed E-state index contributed by atoms with van der Waals surface area (Å²) < 4.78 is 0. The zero-order valence-electron chi connectivity index (χ0n) is 10.4. The predicted molar refractivity (Wildman–Crippen MR) is 78.9 cm³/mol. The van der Waals surface area contributed by atoms with Gasteiger partial charge in [-0.1, -0.05) is 18.2 Å². The van der Waals surface area contributed by atoms with Crippen LogP contribution < -0.4 is 5.73 Å². The number of hydrogen-bond acceptors (Lipinski definition) is 2. The first-order valence-electron chi connectivity index (χ1n) is 6.40. The van der Waals surface area contributed by atoms with Crippen molar-refractivity contribution in [3.8, 4) is 0 Å². The highest BCUT2D eigenvalue weighted by Crippen LogP contribution is 2.29. The lowest BCUT2D eigenvalue weighted by atomic mass is 10.1. The third kappa shape index (κ3) is 2.54. The quantitative estimate of drug-likeness (QED) is 0.661. The molecule has 3 rings (SSSR count). The van der Waals surface area contributed by atoms with Crippen molar-refractivity contribution in [2.24, 2.45) is 0 Å². The third-order valence-electron chi connectivity index (χ3n) is 3.46. The molecular weight excluding hydrogens is 238 g/mol. The van der Waals surface area contributed by atoms with Crippen molar-refractivity contribution in [2.45, 2.75) is 29.9 Å². The number of nitrogen functional groups attached to an aromatic ring is 1. The van der Waals surface area contributed by atoms with Gasteiger partial charge in [0.25, 0.3) is 0 Å². The van der Waals surface area contributed by atoms with Crippen LogP contribution in [0.1, 0.15) is 23.1 Å². The van der Waals surface area contributed by atoms with Gasteiger partial charge >= 0.3 is 0 Å². The summed E-state index contributed by atoms with van der Waals surface area (Å²) in [5, 5.41) is 0. The van der Waals surface area contributed by atoms with E-state index in [0.29, 0.717) is 0 Å². The van der Waals surface area contributed by atoms with Crippen LogP contribution in [0.2, 0.25) is 0 Å². The Labute approximate surface area is 112 Å². The molecule has 0 amide bonds. The van der Waals surface area contributed by atoms with E-state index in [1.54, 1.807) is 11.1 Å². The van der Waals surface area contributed by atoms with Gasteiger partial charge in [0, 0.05) is 16.3 Å². The molecule has 1 aliphatic carbocycles. The largest absolute Gasteiger partial charge is 0.399 e. The van der Waals surface area contributed by atoms with Crippen LogP contribution in [-0.2, 0) is 18.6 Å². The lowest BCUT2D eigenvalue weighted by Crippen LogP contribution is -1.86. The van der Waals surface area contributed by atoms with Crippen molar-refractivity contribution in [1.29, 1.82) is 0 Å². The second-order valence-electron chi connectivity index (χ2n) is 4.81. The fourth-order valence-corrected chi connectivity index (χ4v) is 3.33. The van der Waals surface area contributed by atoms with Gasteiger partial charge in [-0.15, -0.1) is 11.8 Å². The summed E-state index contributed by atoms with van der Waals surface area (Å²) in [6, 6.07) is 15.1. The molecule has 0 saturated carbocycles. The Morgan fingerprint density at radius 1 is 0.944 bits per heavy atom. The van der Waals surface area contributed by atoms with Gasteiger partial charge in [0.05, 0.1) is 0 Å². The van der Waals surface area contributed by atoms with Gasteiger partial charge in [-0.05, 0) is 60.2 Å². The highest BCUT2D eigenvalue weighted by Gasteiger charge is 2.10. The minimum Gasteiger partial charge on any atom is -0.399 e. The summed E-state index contributed by atoms with van der Waals surface area (Å²) in [6.07, 6.45) is 3.84. The molecule has 18 heavy (non-hydrogen) atoms. The van der Waals surface area contributed by atoms with Crippen LogP contribution >= 0.6 is 11.8 Å². The van der Waals surface area contributed by atoms with Gasteiger partial charge in [-0.3, -0.25) is 0 Å². The van der Waals surface area contributed by atoms with Crippen LogP contribution in [0.25, 0.3) is 0 Å². The second kappa shape index (κ2) is 5.07. The van der Waals surface area contributed by atoms with E-state index in [-0.39, 0.29) is 0 Å². The van der Waals surface area contributed by atoms with Crippen molar-refractivity contribution >= 4 is 17.4 Å². The topological polar surface area (TPSA) is 26.0 Å². The zero-order chi connectivity index (χ0) is 12.4. The summed E-state index contributed by atoms with van der Waals surface area (Å²) >= 11 is 1.90. The molecule has 2 aromatic carbocycles. The van der Waals surface area contributed by atoms with Crippen LogP contribution in [0, 0.1) is 0 Å². The van der Waals surface area contributed by atoms with Crippen LogP contribution in [0.5, 0.6) is 0 Å². The number of thioether (sulfide) groups is 1. The number of aryl methyl sites for hydroxylation is 2. The maximum atomic E-state index is 5.69. The average molecular weight is 255 g/mol. The zero-order valence-corrected chi connectivity index (χ0v) is 11.2. The van der Waals surface area contributed by atoms with Gasteiger partial charge in [0.1, 0.15) is 0 Å². The molecule has 0 bridgehead atoms. The number of anilines is 1. The Bertz CT molecular complexity index is 546. The van der Waals surface area contributed by atoms with Crippen LogP contribution in [0.4, 0.5) is 5.69 Å². The minimum atomic E-state index is 0.835. The lowest BCUT2D eigenvalue weighted by molar-refractivity contribution is 0.911. The van der Waals surface area contributed by atoms with E-state index in [2.05, 4.69) is 30.3 Å². The Morgan fingerprint density at radius 2 is 1.72 bits per heavy atom. The molecule has 2 aromatic rings. The molecule has 2 heteroatoms. The fourth-order valence-electron chi connectivity index (χ4n) is 2.42. The number of hydrogen-bond donors (Lipinski definition) is 1. The van der Waals surface area contributed by atoms with E-state index in [9.17, 15) is 0 Å². The van der Waals surface area contributed by atoms with Crippen molar-refractivity contribution < 1.29 is 0 Å². The van der Waals surface area contributed by atoms with Gasteiger partial charge in [-0.2, -0.15) is 0 Å². The highest BCUT2D eigenvalue weighted by molar-refractivity contribution is 7.98. The first-order valence-corrected chi connectivity index (χ1v) is 7.39. The molecule has 92 valence electrons. The molecule has 0 unspecified atom stereocenters. The Kier molecular flexibility index (Phi) is 3.28. The van der Waals surface area contributed by atoms with Gasteiger partial charge in [-0.25, -0.2) is 0 Å². The molecule has 1 aliphatic rings. The first-order chi connectivity index (χ1) is 8.81. The second-order valence-corrected chi connectivity index (χ2v) is 5.86. The summed E-state index contributed by atoms with van der Waals surface area (Å²) in [6.45, 7) is 0. The fraction of sp³-hybridized carbons (Fsp3) is 0.250. The Morgan fingerprint density at radius 3 is 2.56 bits per heavy atom. The molecule has 0 fully saturated rings. The molecule has 0 aromatic heterocycles. The standard InChI is InChI=1S/C16H17NS/c17-15-7-4-12(5-8-15)11-18-16-9-6-13-2-1-3-14(13)10-16/h4-10H,1-3,11,17H2. The predicted octanol–water partition coefficient (Wildman–Crippen LogP) is 4.05. The highest BCUT2D eigenvalue weighted by atomic mass is 32.2. The van der Waals surface area contributed by atoms with Crippen LogP contribution in [-0.4, -0.2) is 0 Å². The SMILES string of the molecule is Nc1ccc(CSc2ccc3c(c2)CCC3)cc1. The number of benzene rings is 2. The van der Waals surface area contributed by atoms with Crippen LogP contribution in [0.3, 0.4) is 0 Å². The van der Waals surface area contributed by atoms with Gasteiger partial charge in [0.2, 0.25) is 0 Å². The number of fused-ring (bicyclic) bond motifs is 1. The van der Waals surface area contributed by atoms with Gasteiger partial charge < -0.3 is 5.73 Å². The maximum Gasteiger partial charge on any atom is 0.0314 e. The molecule has 2 N–H and O–H groups in total. The molecule has 0 aliphatic heterocycles. The number of rotatable bonds is 3. The number of nitrogens with two attached hydrogens (primary N) is 1. The van der Waals surface area contributed by atoms with Crippen molar-refractivity contribution in [1.82, 2.24) is 0 Å². The summed E-state index contributed by atoms with van der Waals surface area (Å²) in [5.74, 6) is 1.01. The molecular formula is C16H17NS. The molecule has 0 saturated heterocycles. The molecule has 0 radical (unpaired) electrons. The monoisotopic (exact) mass is 255 g/mol. The Hall–Kier alpha value is -1.41. The van der Waals surface area contributed by atoms with Crippen molar-refractivity contribution in [3.63, 3.8) is 0 Å². The lowest BCUT2D eigenvalue weighted by Gasteiger charge is -2.05. The summed E-state index contributed by atoms with van der Waals surface area (Å²) in [5.41, 5.74) is 11.0. The van der Waals surface area contributed by atoms with E-state index in [4.69, 9.17) is 5.73 Å². The van der Waals surface area contributed by atoms with E-state index in [0.717, 1.165) is 11.4 Å². The minimum absolute atomic E-state index is 0.835. The summed E-state index contributed by atoms with van der Waals surface area (Å²) in [7, 11) is 0. The van der Waals surface area contributed by atoms with E-state index in [1.165, 1.54) is 29.7 Å². The first kappa shape index (κ1) is 11.7. The smallest absolute Gasteiger partial charge is 0.0314 e. The molecule has 0 heterocycles. The maximum absolute atomic E-state index is 5.69. The molecule has 0 atom stereocenters. The molecule has 1 nitrogen and oxygen atoms in total. The van der Waals surface area contributed by atoms with Crippen LogP contribution in [0.15, 0.2) is 47.4 Å². The van der Waals surface area contributed by atoms with Crippen molar-refractivity contribution in [3.05, 3.63) is 59.2 Å². The van der Waals surface area contributed by atoms with E-state index >= 15 is 0 Å². The summed E-state index contributed by atoms with van der Waals surface area (Å²) in [4.78, 5) is 1.38. The molecule has 0 spiro atoms. The van der Waals surface area contributed by atoms with E-state index < -0.39 is 0 Å².